The minimum Gasteiger partial charge on any atom is -0.381 e. The topological polar surface area (TPSA) is 44.5 Å². The normalized spacial score (nSPS) is 42.5. The van der Waals surface area contributed by atoms with Crippen LogP contribution in [-0.4, -0.2) is 32.5 Å². The molecular weight excluding hydrogens is 406 g/mol. The molecule has 0 aromatic heterocycles. The van der Waals surface area contributed by atoms with Crippen LogP contribution >= 0.6 is 0 Å². The van der Waals surface area contributed by atoms with Gasteiger partial charge in [-0.3, -0.25) is 0 Å². The Morgan fingerprint density at radius 3 is 2.52 bits per heavy atom. The molecule has 4 fully saturated rings. The molecule has 3 heteroatoms. The Morgan fingerprint density at radius 1 is 0.848 bits per heavy atom. The van der Waals surface area contributed by atoms with Crippen LogP contribution in [0, 0.1) is 40.4 Å². The maximum absolute atomic E-state index is 6.81. The van der Waals surface area contributed by atoms with Gasteiger partial charge in [-0.05, 0) is 118 Å². The Kier molecular flexibility index (Phi) is 9.24. The number of hydrogen-bond donors (Lipinski definition) is 1. The lowest BCUT2D eigenvalue weighted by Gasteiger charge is -2.62. The van der Waals surface area contributed by atoms with Crippen LogP contribution in [0.15, 0.2) is 0 Å². The summed E-state index contributed by atoms with van der Waals surface area (Å²) in [5.41, 5.74) is 6.81. The third-order valence-corrected chi connectivity index (χ3v) is 11.2. The van der Waals surface area contributed by atoms with Gasteiger partial charge in [0.1, 0.15) is 0 Å². The highest BCUT2D eigenvalue weighted by Gasteiger charge is 2.63. The molecule has 8 atom stereocenters. The molecule has 0 bridgehead atoms. The molecular formula is C30H55NO2. The quantitative estimate of drug-likeness (QED) is 0.309. The molecule has 33 heavy (non-hydrogen) atoms. The van der Waals surface area contributed by atoms with E-state index in [1.54, 1.807) is 0 Å². The van der Waals surface area contributed by atoms with Crippen molar-refractivity contribution in [1.29, 1.82) is 0 Å². The van der Waals surface area contributed by atoms with E-state index < -0.39 is 0 Å². The molecule has 0 heterocycles. The average molecular weight is 462 g/mol. The lowest BCUT2D eigenvalue weighted by Crippen LogP contribution is -2.58. The summed E-state index contributed by atoms with van der Waals surface area (Å²) in [6.45, 7) is 11.1. The summed E-state index contributed by atoms with van der Waals surface area (Å²) in [5.74, 6) is 4.53. The number of ether oxygens (including phenoxy) is 2. The zero-order chi connectivity index (χ0) is 23.3. The van der Waals surface area contributed by atoms with Crippen LogP contribution in [-0.2, 0) is 9.47 Å². The van der Waals surface area contributed by atoms with Gasteiger partial charge in [0.25, 0.3) is 0 Å². The fraction of sp³-hybridized carbons (Fsp3) is 1.00. The number of unbranched alkanes of at least 4 members (excludes halogenated alkanes) is 2. The van der Waals surface area contributed by atoms with E-state index in [0.29, 0.717) is 16.9 Å². The van der Waals surface area contributed by atoms with E-state index in [9.17, 15) is 0 Å². The van der Waals surface area contributed by atoms with Crippen molar-refractivity contribution in [2.45, 2.75) is 123 Å². The first-order valence-electron chi connectivity index (χ1n) is 14.9. The van der Waals surface area contributed by atoms with Crippen molar-refractivity contribution >= 4 is 0 Å². The van der Waals surface area contributed by atoms with Gasteiger partial charge in [0.15, 0.2) is 0 Å². The lowest BCUT2D eigenvalue weighted by molar-refractivity contribution is -0.181. The van der Waals surface area contributed by atoms with Crippen molar-refractivity contribution in [1.82, 2.24) is 0 Å². The average Bonchev–Trinajstić information content (AvgIpc) is 3.16. The van der Waals surface area contributed by atoms with Gasteiger partial charge >= 0.3 is 0 Å². The molecule has 0 amide bonds. The predicted molar refractivity (Wildman–Crippen MR) is 138 cm³/mol. The number of hydrogen-bond acceptors (Lipinski definition) is 3. The standard InChI is InChI=1S/C30H55NO2/c1-4-5-19-32-20-9-7-12-24-14-16-26-25-15-13-23-11-6-8-17-29(23,2)27(25)22-28(30(24,26)3)33-21-10-18-31/h23-28H,4-22,31H2,1-3H3/t23?,24-,25?,26?,27?,28-,29-,30+/m0/s1. The minimum absolute atomic E-state index is 0.372. The van der Waals surface area contributed by atoms with E-state index in [4.69, 9.17) is 15.2 Å². The lowest BCUT2D eigenvalue weighted by atomic mass is 9.44. The van der Waals surface area contributed by atoms with Crippen LogP contribution in [0.3, 0.4) is 0 Å². The summed E-state index contributed by atoms with van der Waals surface area (Å²) < 4.78 is 12.7. The van der Waals surface area contributed by atoms with Gasteiger partial charge in [-0.25, -0.2) is 0 Å². The van der Waals surface area contributed by atoms with Gasteiger partial charge < -0.3 is 15.2 Å². The fourth-order valence-corrected chi connectivity index (χ4v) is 9.32. The van der Waals surface area contributed by atoms with Crippen LogP contribution in [0.2, 0.25) is 0 Å². The molecule has 0 aromatic carbocycles. The molecule has 2 N–H and O–H groups in total. The molecule has 0 aliphatic heterocycles. The van der Waals surface area contributed by atoms with E-state index in [0.717, 1.165) is 62.4 Å². The van der Waals surface area contributed by atoms with Gasteiger partial charge in [0.05, 0.1) is 6.10 Å². The first kappa shape index (κ1) is 26.0. The monoisotopic (exact) mass is 461 g/mol. The Hall–Kier alpha value is -0.120. The van der Waals surface area contributed by atoms with Crippen molar-refractivity contribution in [2.24, 2.45) is 46.2 Å². The maximum Gasteiger partial charge on any atom is 0.0637 e. The van der Waals surface area contributed by atoms with E-state index in [1.807, 2.05) is 0 Å². The van der Waals surface area contributed by atoms with E-state index in [1.165, 1.54) is 89.9 Å². The Morgan fingerprint density at radius 2 is 1.70 bits per heavy atom. The molecule has 4 aliphatic rings. The summed E-state index contributed by atoms with van der Waals surface area (Å²) in [5, 5.41) is 0. The van der Waals surface area contributed by atoms with Crippen LogP contribution in [0.1, 0.15) is 117 Å². The van der Waals surface area contributed by atoms with Crippen LogP contribution in [0.5, 0.6) is 0 Å². The van der Waals surface area contributed by atoms with Gasteiger partial charge in [-0.1, -0.05) is 46.5 Å². The number of rotatable bonds is 12. The summed E-state index contributed by atoms with van der Waals surface area (Å²) >= 11 is 0. The van der Waals surface area contributed by atoms with E-state index in [-0.39, 0.29) is 0 Å². The number of nitrogens with two attached hydrogens (primary N) is 1. The molecule has 4 saturated carbocycles. The second-order valence-corrected chi connectivity index (χ2v) is 12.7. The Balaban J connectivity index is 1.44. The Labute approximate surface area is 205 Å². The minimum atomic E-state index is 0.372. The molecule has 4 rings (SSSR count). The molecule has 3 nitrogen and oxygen atoms in total. The van der Waals surface area contributed by atoms with E-state index in [2.05, 4.69) is 20.8 Å². The van der Waals surface area contributed by atoms with Crippen molar-refractivity contribution in [3.63, 3.8) is 0 Å². The fourth-order valence-electron chi connectivity index (χ4n) is 9.32. The smallest absolute Gasteiger partial charge is 0.0637 e. The molecule has 0 saturated heterocycles. The molecule has 0 spiro atoms. The third kappa shape index (κ3) is 5.21. The zero-order valence-corrected chi connectivity index (χ0v) is 22.3. The SMILES string of the molecule is CCCCOCCCC[C@H]1CCC2C3CCC4CCCC[C@]4(C)C3C[C@H](OCCCN)[C@@]21C. The second-order valence-electron chi connectivity index (χ2n) is 12.7. The van der Waals surface area contributed by atoms with Crippen molar-refractivity contribution in [3.8, 4) is 0 Å². The third-order valence-electron chi connectivity index (χ3n) is 11.2. The van der Waals surface area contributed by atoms with Crippen molar-refractivity contribution < 1.29 is 9.47 Å². The van der Waals surface area contributed by atoms with Gasteiger partial charge in [0.2, 0.25) is 0 Å². The van der Waals surface area contributed by atoms with E-state index >= 15 is 0 Å². The van der Waals surface area contributed by atoms with Gasteiger partial charge in [-0.15, -0.1) is 0 Å². The van der Waals surface area contributed by atoms with Crippen LogP contribution in [0.4, 0.5) is 0 Å². The first-order valence-corrected chi connectivity index (χ1v) is 14.9. The highest BCUT2D eigenvalue weighted by molar-refractivity contribution is 5.12. The summed E-state index contributed by atoms with van der Waals surface area (Å²) in [6, 6.07) is 0. The first-order chi connectivity index (χ1) is 16.1. The molecule has 192 valence electrons. The summed E-state index contributed by atoms with van der Waals surface area (Å²) in [4.78, 5) is 0. The van der Waals surface area contributed by atoms with Crippen molar-refractivity contribution in [3.05, 3.63) is 0 Å². The molecule has 0 aromatic rings. The second kappa shape index (κ2) is 11.7. The molecule has 4 aliphatic carbocycles. The number of fused-ring (bicyclic) bond motifs is 5. The summed E-state index contributed by atoms with van der Waals surface area (Å²) in [6.07, 6.45) is 20.9. The van der Waals surface area contributed by atoms with Gasteiger partial charge in [-0.2, -0.15) is 0 Å². The predicted octanol–water partition coefficient (Wildman–Crippen LogP) is 7.37. The highest BCUT2D eigenvalue weighted by Crippen LogP contribution is 2.68. The van der Waals surface area contributed by atoms with Crippen LogP contribution < -0.4 is 5.73 Å². The maximum atomic E-state index is 6.81. The molecule has 4 unspecified atom stereocenters. The van der Waals surface area contributed by atoms with Crippen molar-refractivity contribution in [2.75, 3.05) is 26.4 Å². The largest absolute Gasteiger partial charge is 0.381 e. The summed E-state index contributed by atoms with van der Waals surface area (Å²) in [7, 11) is 0. The molecule has 0 radical (unpaired) electrons. The van der Waals surface area contributed by atoms with Gasteiger partial charge in [0, 0.05) is 19.8 Å². The van der Waals surface area contributed by atoms with Crippen LogP contribution in [0.25, 0.3) is 0 Å². The zero-order valence-electron chi connectivity index (χ0n) is 22.3. The Bertz CT molecular complexity index is 596. The highest BCUT2D eigenvalue weighted by atomic mass is 16.5.